The highest BCUT2D eigenvalue weighted by Gasteiger charge is 2.43. The highest BCUT2D eigenvalue weighted by molar-refractivity contribution is 6.23. The Morgan fingerprint density at radius 3 is 1.44 bits per heavy atom. The van der Waals surface area contributed by atoms with Crippen LogP contribution in [0.1, 0.15) is 19.3 Å². The van der Waals surface area contributed by atoms with Gasteiger partial charge in [-0.05, 0) is 31.1 Å². The molecule has 9 heavy (non-hydrogen) atoms. The molecule has 4 unspecified atom stereocenters. The molecule has 0 heterocycles. The van der Waals surface area contributed by atoms with Crippen LogP contribution in [0, 0.1) is 11.8 Å². The van der Waals surface area contributed by atoms with Crippen LogP contribution < -0.4 is 0 Å². The molecule has 2 fully saturated rings. The lowest BCUT2D eigenvalue weighted by Crippen LogP contribution is -2.17. The predicted octanol–water partition coefficient (Wildman–Crippen LogP) is 2.63. The average molecular weight is 165 g/mol. The van der Waals surface area contributed by atoms with Crippen molar-refractivity contribution in [3.63, 3.8) is 0 Å². The first kappa shape index (κ1) is 6.30. The third-order valence-electron chi connectivity index (χ3n) is 2.68. The molecule has 0 spiro atoms. The first-order chi connectivity index (χ1) is 4.27. The van der Waals surface area contributed by atoms with Crippen LogP contribution in [-0.2, 0) is 0 Å². The molecular weight excluding hydrogens is 155 g/mol. The summed E-state index contributed by atoms with van der Waals surface area (Å²) in [6.45, 7) is 0. The van der Waals surface area contributed by atoms with E-state index in [4.69, 9.17) is 23.2 Å². The van der Waals surface area contributed by atoms with Crippen LogP contribution in [0.4, 0.5) is 0 Å². The van der Waals surface area contributed by atoms with Crippen LogP contribution in [0.2, 0.25) is 0 Å². The summed E-state index contributed by atoms with van der Waals surface area (Å²) in [7, 11) is 0. The van der Waals surface area contributed by atoms with Gasteiger partial charge in [-0.15, -0.1) is 23.2 Å². The number of halogens is 2. The molecule has 0 amide bonds. The highest BCUT2D eigenvalue weighted by Crippen LogP contribution is 2.49. The van der Waals surface area contributed by atoms with E-state index in [1.807, 2.05) is 0 Å². The molecule has 0 radical (unpaired) electrons. The van der Waals surface area contributed by atoms with Crippen LogP contribution >= 0.6 is 23.2 Å². The van der Waals surface area contributed by atoms with E-state index in [1.54, 1.807) is 0 Å². The molecule has 2 aliphatic rings. The van der Waals surface area contributed by atoms with E-state index >= 15 is 0 Å². The summed E-state index contributed by atoms with van der Waals surface area (Å²) in [4.78, 5) is 0. The second-order valence-electron chi connectivity index (χ2n) is 3.26. The van der Waals surface area contributed by atoms with E-state index < -0.39 is 0 Å². The van der Waals surface area contributed by atoms with Crippen LogP contribution in [-0.4, -0.2) is 10.8 Å². The number of hydrogen-bond donors (Lipinski definition) is 0. The lowest BCUT2D eigenvalue weighted by Gasteiger charge is -2.18. The molecular formula is C7H10Cl2. The maximum absolute atomic E-state index is 6.02. The SMILES string of the molecule is ClC1CC2CC1CC2Cl. The lowest BCUT2D eigenvalue weighted by molar-refractivity contribution is 0.494. The quantitative estimate of drug-likeness (QED) is 0.484. The maximum atomic E-state index is 6.02. The third kappa shape index (κ3) is 0.877. The molecule has 52 valence electrons. The van der Waals surface area contributed by atoms with Gasteiger partial charge >= 0.3 is 0 Å². The van der Waals surface area contributed by atoms with Gasteiger partial charge in [0.05, 0.1) is 0 Å². The maximum Gasteiger partial charge on any atom is 0.0368 e. The fourth-order valence-corrected chi connectivity index (χ4v) is 3.00. The number of fused-ring (bicyclic) bond motifs is 2. The second kappa shape index (κ2) is 2.03. The molecule has 2 bridgehead atoms. The first-order valence-corrected chi connectivity index (χ1v) is 4.43. The molecule has 2 saturated carbocycles. The minimum Gasteiger partial charge on any atom is -0.123 e. The van der Waals surface area contributed by atoms with E-state index in [9.17, 15) is 0 Å². The largest absolute Gasteiger partial charge is 0.123 e. The van der Waals surface area contributed by atoms with Gasteiger partial charge in [0, 0.05) is 10.8 Å². The van der Waals surface area contributed by atoms with Crippen molar-refractivity contribution in [1.82, 2.24) is 0 Å². The van der Waals surface area contributed by atoms with E-state index in [1.165, 1.54) is 19.3 Å². The molecule has 0 aromatic rings. The first-order valence-electron chi connectivity index (χ1n) is 3.55. The summed E-state index contributed by atoms with van der Waals surface area (Å²) in [5.41, 5.74) is 0. The monoisotopic (exact) mass is 164 g/mol. The van der Waals surface area contributed by atoms with Crippen LogP contribution in [0.15, 0.2) is 0 Å². The van der Waals surface area contributed by atoms with Gasteiger partial charge in [0.25, 0.3) is 0 Å². The highest BCUT2D eigenvalue weighted by atomic mass is 35.5. The van der Waals surface area contributed by atoms with Crippen LogP contribution in [0.25, 0.3) is 0 Å². The molecule has 0 aromatic heterocycles. The molecule has 0 N–H and O–H groups in total. The Hall–Kier alpha value is 0.580. The fourth-order valence-electron chi connectivity index (χ4n) is 2.14. The molecule has 2 rings (SSSR count). The Kier molecular flexibility index (Phi) is 1.42. The van der Waals surface area contributed by atoms with Crippen molar-refractivity contribution in [2.45, 2.75) is 30.0 Å². The molecule has 0 nitrogen and oxygen atoms in total. The van der Waals surface area contributed by atoms with Crippen LogP contribution in [0.5, 0.6) is 0 Å². The van der Waals surface area contributed by atoms with Crippen molar-refractivity contribution >= 4 is 23.2 Å². The Morgan fingerprint density at radius 2 is 1.22 bits per heavy atom. The van der Waals surface area contributed by atoms with Crippen molar-refractivity contribution in [2.75, 3.05) is 0 Å². The Balaban J connectivity index is 2.10. The number of alkyl halides is 2. The van der Waals surface area contributed by atoms with Crippen molar-refractivity contribution in [1.29, 1.82) is 0 Å². The number of hydrogen-bond acceptors (Lipinski definition) is 0. The summed E-state index contributed by atoms with van der Waals surface area (Å²) in [6, 6.07) is 0. The summed E-state index contributed by atoms with van der Waals surface area (Å²) < 4.78 is 0. The Labute approximate surface area is 65.5 Å². The van der Waals surface area contributed by atoms with Gasteiger partial charge in [-0.25, -0.2) is 0 Å². The van der Waals surface area contributed by atoms with Gasteiger partial charge in [0.1, 0.15) is 0 Å². The fraction of sp³-hybridized carbons (Fsp3) is 1.00. The zero-order valence-electron chi connectivity index (χ0n) is 5.19. The Bertz CT molecular complexity index is 106. The summed E-state index contributed by atoms with van der Waals surface area (Å²) in [5, 5.41) is 0.898. The predicted molar refractivity (Wildman–Crippen MR) is 40.1 cm³/mol. The second-order valence-corrected chi connectivity index (χ2v) is 4.38. The zero-order chi connectivity index (χ0) is 6.43. The smallest absolute Gasteiger partial charge is 0.0368 e. The standard InChI is InChI=1S/C7H10Cl2/c8-6-2-4-1-5(6)3-7(4)9/h4-7H,1-3H2. The molecule has 0 aliphatic heterocycles. The van der Waals surface area contributed by atoms with Crippen molar-refractivity contribution < 1.29 is 0 Å². The summed E-state index contributed by atoms with van der Waals surface area (Å²) >= 11 is 12.0. The zero-order valence-corrected chi connectivity index (χ0v) is 6.70. The summed E-state index contributed by atoms with van der Waals surface area (Å²) in [6.07, 6.45) is 3.63. The lowest BCUT2D eigenvalue weighted by atomic mass is 10.00. The van der Waals surface area contributed by atoms with Gasteiger partial charge in [-0.1, -0.05) is 0 Å². The van der Waals surface area contributed by atoms with E-state index in [2.05, 4.69) is 0 Å². The van der Waals surface area contributed by atoms with E-state index in [0.29, 0.717) is 10.8 Å². The van der Waals surface area contributed by atoms with Gasteiger partial charge in [-0.3, -0.25) is 0 Å². The molecule has 4 atom stereocenters. The minimum atomic E-state index is 0.449. The van der Waals surface area contributed by atoms with E-state index in [0.717, 1.165) is 11.8 Å². The summed E-state index contributed by atoms with van der Waals surface area (Å²) in [5.74, 6) is 1.50. The third-order valence-corrected chi connectivity index (χ3v) is 3.75. The average Bonchev–Trinajstić information content (AvgIpc) is 2.24. The van der Waals surface area contributed by atoms with Gasteiger partial charge < -0.3 is 0 Å². The Morgan fingerprint density at radius 1 is 0.778 bits per heavy atom. The van der Waals surface area contributed by atoms with Crippen molar-refractivity contribution in [3.05, 3.63) is 0 Å². The topological polar surface area (TPSA) is 0 Å². The van der Waals surface area contributed by atoms with E-state index in [-0.39, 0.29) is 0 Å². The molecule has 0 aromatic carbocycles. The molecule has 2 aliphatic carbocycles. The minimum absolute atomic E-state index is 0.449. The molecule has 2 heteroatoms. The normalized spacial score (nSPS) is 56.7. The number of rotatable bonds is 0. The van der Waals surface area contributed by atoms with Crippen molar-refractivity contribution in [3.8, 4) is 0 Å². The van der Waals surface area contributed by atoms with Gasteiger partial charge in [0.2, 0.25) is 0 Å². The van der Waals surface area contributed by atoms with Gasteiger partial charge in [0.15, 0.2) is 0 Å². The van der Waals surface area contributed by atoms with Crippen LogP contribution in [0.3, 0.4) is 0 Å². The van der Waals surface area contributed by atoms with Crippen molar-refractivity contribution in [2.24, 2.45) is 11.8 Å². The molecule has 0 saturated heterocycles. The van der Waals surface area contributed by atoms with Gasteiger partial charge in [-0.2, -0.15) is 0 Å².